The Balaban J connectivity index is 1.84. The van der Waals surface area contributed by atoms with Gasteiger partial charge in [0.25, 0.3) is 5.91 Å². The molecule has 0 aliphatic carbocycles. The molecule has 1 aliphatic rings. The number of nitrogens with one attached hydrogen (secondary N) is 1. The molecule has 1 unspecified atom stereocenters. The van der Waals surface area contributed by atoms with Gasteiger partial charge in [-0.2, -0.15) is 10.2 Å². The quantitative estimate of drug-likeness (QED) is 0.917. The summed E-state index contributed by atoms with van der Waals surface area (Å²) in [5, 5.41) is 15.9. The predicted octanol–water partition coefficient (Wildman–Crippen LogP) is 2.46. The number of nitrogens with zero attached hydrogens (tertiary/aromatic N) is 3. The summed E-state index contributed by atoms with van der Waals surface area (Å²) in [6, 6.07) is 6.74. The van der Waals surface area contributed by atoms with Crippen LogP contribution in [0.5, 0.6) is 0 Å². The molecule has 1 aliphatic heterocycles. The topological polar surface area (TPSA) is 101 Å². The van der Waals surface area contributed by atoms with E-state index in [0.717, 1.165) is 18.4 Å². The predicted molar refractivity (Wildman–Crippen MR) is 88.7 cm³/mol. The Morgan fingerprint density at radius 2 is 2.12 bits per heavy atom. The summed E-state index contributed by atoms with van der Waals surface area (Å²) in [4.78, 5) is 17.1. The van der Waals surface area contributed by atoms with Crippen molar-refractivity contribution >= 4 is 5.91 Å². The lowest BCUT2D eigenvalue weighted by atomic mass is 9.91. The van der Waals surface area contributed by atoms with Gasteiger partial charge >= 0.3 is 0 Å². The van der Waals surface area contributed by atoms with E-state index in [4.69, 9.17) is 14.5 Å². The van der Waals surface area contributed by atoms with Crippen molar-refractivity contribution in [1.29, 1.82) is 5.26 Å². The van der Waals surface area contributed by atoms with Gasteiger partial charge in [0, 0.05) is 18.8 Å². The molecule has 1 N–H and O–H groups in total. The van der Waals surface area contributed by atoms with E-state index in [0.29, 0.717) is 36.1 Å². The maximum atomic E-state index is 12.8. The standard InChI is InChI=1S/C18H20N4O3/c1-11-9-13(10-19)3-4-15(11)17(23)21-16(14-5-7-24-8-6-14)18-20-12(2)22-25-18/h3-4,9,14,16H,5-8H2,1-2H3,(H,21,23). The van der Waals surface area contributed by atoms with Gasteiger partial charge in [0.2, 0.25) is 5.89 Å². The average molecular weight is 340 g/mol. The fraction of sp³-hybridized carbons (Fsp3) is 0.444. The summed E-state index contributed by atoms with van der Waals surface area (Å²) in [6.45, 7) is 4.87. The van der Waals surface area contributed by atoms with Gasteiger partial charge in [-0.05, 0) is 56.4 Å². The van der Waals surface area contributed by atoms with Gasteiger partial charge in [-0.25, -0.2) is 0 Å². The molecule has 0 spiro atoms. The summed E-state index contributed by atoms with van der Waals surface area (Å²) in [7, 11) is 0. The first-order chi connectivity index (χ1) is 12.1. The molecule has 1 atom stereocenters. The summed E-state index contributed by atoms with van der Waals surface area (Å²) < 4.78 is 10.7. The Morgan fingerprint density at radius 1 is 1.36 bits per heavy atom. The number of carbonyl (C=O) groups is 1. The highest BCUT2D eigenvalue weighted by atomic mass is 16.5. The van der Waals surface area contributed by atoms with Crippen LogP contribution in [0.15, 0.2) is 22.7 Å². The Bertz CT molecular complexity index is 803. The van der Waals surface area contributed by atoms with Crippen LogP contribution in [0.3, 0.4) is 0 Å². The molecule has 1 fully saturated rings. The molecule has 25 heavy (non-hydrogen) atoms. The number of rotatable bonds is 4. The minimum atomic E-state index is -0.354. The van der Waals surface area contributed by atoms with Crippen LogP contribution < -0.4 is 5.32 Å². The molecule has 3 rings (SSSR count). The molecule has 1 aromatic carbocycles. The number of hydrogen-bond donors (Lipinski definition) is 1. The third-order valence-corrected chi connectivity index (χ3v) is 4.43. The van der Waals surface area contributed by atoms with Crippen molar-refractivity contribution in [2.24, 2.45) is 5.92 Å². The van der Waals surface area contributed by atoms with Crippen molar-refractivity contribution in [2.45, 2.75) is 32.7 Å². The second-order valence-electron chi connectivity index (χ2n) is 6.22. The number of benzene rings is 1. The molecule has 1 amide bonds. The zero-order chi connectivity index (χ0) is 17.8. The second-order valence-corrected chi connectivity index (χ2v) is 6.22. The molecule has 0 bridgehead atoms. The Labute approximate surface area is 146 Å². The average Bonchev–Trinajstić information content (AvgIpc) is 3.06. The summed E-state index contributed by atoms with van der Waals surface area (Å²) in [6.07, 6.45) is 1.64. The first-order valence-electron chi connectivity index (χ1n) is 8.28. The normalized spacial score (nSPS) is 16.2. The van der Waals surface area contributed by atoms with E-state index in [2.05, 4.69) is 21.5 Å². The van der Waals surface area contributed by atoms with Crippen molar-refractivity contribution < 1.29 is 14.1 Å². The lowest BCUT2D eigenvalue weighted by Crippen LogP contribution is -2.36. The van der Waals surface area contributed by atoms with Crippen molar-refractivity contribution in [1.82, 2.24) is 15.5 Å². The summed E-state index contributed by atoms with van der Waals surface area (Å²) in [5.74, 6) is 0.922. The van der Waals surface area contributed by atoms with Crippen LogP contribution in [0.4, 0.5) is 0 Å². The third-order valence-electron chi connectivity index (χ3n) is 4.43. The van der Waals surface area contributed by atoms with Crippen LogP contribution in [0.2, 0.25) is 0 Å². The number of carbonyl (C=O) groups excluding carboxylic acids is 1. The van der Waals surface area contributed by atoms with E-state index >= 15 is 0 Å². The van der Waals surface area contributed by atoms with Crippen LogP contribution in [-0.4, -0.2) is 29.3 Å². The molecule has 7 nitrogen and oxygen atoms in total. The second kappa shape index (κ2) is 7.45. The Hall–Kier alpha value is -2.72. The summed E-state index contributed by atoms with van der Waals surface area (Å²) >= 11 is 0. The minimum Gasteiger partial charge on any atom is -0.381 e. The van der Waals surface area contributed by atoms with Gasteiger partial charge in [0.15, 0.2) is 5.82 Å². The molecule has 0 radical (unpaired) electrons. The fourth-order valence-corrected chi connectivity index (χ4v) is 3.08. The van der Waals surface area contributed by atoms with E-state index in [-0.39, 0.29) is 17.9 Å². The smallest absolute Gasteiger partial charge is 0.252 e. The van der Waals surface area contributed by atoms with Gasteiger partial charge in [0.05, 0.1) is 11.6 Å². The first kappa shape index (κ1) is 17.1. The monoisotopic (exact) mass is 340 g/mol. The van der Waals surface area contributed by atoms with Crippen LogP contribution in [0, 0.1) is 31.1 Å². The number of amides is 1. The third kappa shape index (κ3) is 3.86. The van der Waals surface area contributed by atoms with E-state index in [1.165, 1.54) is 0 Å². The molecular formula is C18H20N4O3. The Kier molecular flexibility index (Phi) is 5.10. The lowest BCUT2D eigenvalue weighted by Gasteiger charge is -2.28. The highest BCUT2D eigenvalue weighted by Crippen LogP contribution is 2.29. The SMILES string of the molecule is Cc1noc(C(NC(=O)c2ccc(C#N)cc2C)C2CCOCC2)n1. The van der Waals surface area contributed by atoms with Crippen LogP contribution in [0.1, 0.15) is 52.1 Å². The van der Waals surface area contributed by atoms with Crippen molar-refractivity contribution in [3.63, 3.8) is 0 Å². The number of aryl methyl sites for hydroxylation is 2. The molecule has 130 valence electrons. The minimum absolute atomic E-state index is 0.177. The van der Waals surface area contributed by atoms with Gasteiger partial charge in [-0.1, -0.05) is 5.16 Å². The van der Waals surface area contributed by atoms with E-state index in [1.807, 2.05) is 6.92 Å². The fourth-order valence-electron chi connectivity index (χ4n) is 3.08. The zero-order valence-corrected chi connectivity index (χ0v) is 14.3. The van der Waals surface area contributed by atoms with Gasteiger partial charge in [0.1, 0.15) is 6.04 Å². The molecular weight excluding hydrogens is 320 g/mol. The largest absolute Gasteiger partial charge is 0.381 e. The highest BCUT2D eigenvalue weighted by Gasteiger charge is 2.31. The summed E-state index contributed by atoms with van der Waals surface area (Å²) in [5.41, 5.74) is 1.82. The number of aromatic nitrogens is 2. The van der Waals surface area contributed by atoms with Crippen LogP contribution >= 0.6 is 0 Å². The van der Waals surface area contributed by atoms with Crippen molar-refractivity contribution in [3.8, 4) is 6.07 Å². The molecule has 2 heterocycles. The number of hydrogen-bond acceptors (Lipinski definition) is 6. The van der Waals surface area contributed by atoms with Gasteiger partial charge < -0.3 is 14.6 Å². The van der Waals surface area contributed by atoms with Crippen molar-refractivity contribution in [3.05, 3.63) is 46.6 Å². The zero-order valence-electron chi connectivity index (χ0n) is 14.3. The van der Waals surface area contributed by atoms with E-state index in [9.17, 15) is 4.79 Å². The maximum absolute atomic E-state index is 12.8. The molecule has 1 saturated heterocycles. The van der Waals surface area contributed by atoms with Crippen LogP contribution in [0.25, 0.3) is 0 Å². The molecule has 1 aromatic heterocycles. The Morgan fingerprint density at radius 3 is 2.72 bits per heavy atom. The molecule has 7 heteroatoms. The van der Waals surface area contributed by atoms with Crippen molar-refractivity contribution in [2.75, 3.05) is 13.2 Å². The molecule has 2 aromatic rings. The number of nitriles is 1. The van der Waals surface area contributed by atoms with Gasteiger partial charge in [-0.3, -0.25) is 4.79 Å². The van der Waals surface area contributed by atoms with E-state index < -0.39 is 0 Å². The molecule has 0 saturated carbocycles. The van der Waals surface area contributed by atoms with Gasteiger partial charge in [-0.15, -0.1) is 0 Å². The highest BCUT2D eigenvalue weighted by molar-refractivity contribution is 5.96. The first-order valence-corrected chi connectivity index (χ1v) is 8.28. The lowest BCUT2D eigenvalue weighted by molar-refractivity contribution is 0.0467. The number of ether oxygens (including phenoxy) is 1. The van der Waals surface area contributed by atoms with E-state index in [1.54, 1.807) is 25.1 Å². The van der Waals surface area contributed by atoms with Crippen LogP contribution in [-0.2, 0) is 4.74 Å². The maximum Gasteiger partial charge on any atom is 0.252 e.